The Bertz CT molecular complexity index is 868. The van der Waals surface area contributed by atoms with E-state index in [1.54, 1.807) is 0 Å². The number of oxazole rings is 1. The van der Waals surface area contributed by atoms with E-state index < -0.39 is 0 Å². The Labute approximate surface area is 163 Å². The fraction of sp³-hybridized carbons (Fsp3) is 0.333. The largest absolute Gasteiger partial charge is 0.431 e. The molecule has 1 amide bonds. The summed E-state index contributed by atoms with van der Waals surface area (Å²) in [4.78, 5) is 19.1. The van der Waals surface area contributed by atoms with Gasteiger partial charge in [-0.2, -0.15) is 0 Å². The third-order valence-electron chi connectivity index (χ3n) is 4.75. The molecule has 1 saturated heterocycles. The molecule has 0 atom stereocenters. The van der Waals surface area contributed by atoms with E-state index in [9.17, 15) is 4.79 Å². The summed E-state index contributed by atoms with van der Waals surface area (Å²) < 4.78 is 5.62. The molecule has 0 radical (unpaired) electrons. The quantitative estimate of drug-likeness (QED) is 0.622. The third-order valence-corrected chi connectivity index (χ3v) is 5.58. The number of rotatable bonds is 7. The van der Waals surface area contributed by atoms with Crippen LogP contribution in [0.4, 0.5) is 5.69 Å². The summed E-state index contributed by atoms with van der Waals surface area (Å²) in [5.41, 5.74) is 3.68. The van der Waals surface area contributed by atoms with Gasteiger partial charge in [-0.05, 0) is 62.2 Å². The average Bonchev–Trinajstić information content (AvgIpc) is 3.35. The number of anilines is 1. The van der Waals surface area contributed by atoms with Gasteiger partial charge in [-0.25, -0.2) is 4.98 Å². The van der Waals surface area contributed by atoms with Gasteiger partial charge in [0.25, 0.3) is 5.22 Å². The third kappa shape index (κ3) is 4.90. The number of benzene rings is 2. The fourth-order valence-electron chi connectivity index (χ4n) is 3.29. The number of nitrogens with zero attached hydrogens (tertiary/aromatic N) is 2. The monoisotopic (exact) mass is 381 g/mol. The topological polar surface area (TPSA) is 58.4 Å². The number of hydrogen-bond donors (Lipinski definition) is 1. The Morgan fingerprint density at radius 2 is 1.89 bits per heavy atom. The van der Waals surface area contributed by atoms with Crippen molar-refractivity contribution in [2.45, 2.75) is 24.5 Å². The van der Waals surface area contributed by atoms with Crippen molar-refractivity contribution in [2.75, 3.05) is 30.7 Å². The first kappa shape index (κ1) is 18.1. The number of hydrogen-bond acceptors (Lipinski definition) is 5. The van der Waals surface area contributed by atoms with E-state index in [1.165, 1.54) is 43.3 Å². The second-order valence-electron chi connectivity index (χ2n) is 6.78. The van der Waals surface area contributed by atoms with Crippen molar-refractivity contribution in [3.63, 3.8) is 0 Å². The van der Waals surface area contributed by atoms with Crippen molar-refractivity contribution in [3.8, 4) is 0 Å². The first-order chi connectivity index (χ1) is 13.3. The molecule has 140 valence electrons. The Balaban J connectivity index is 1.24. The summed E-state index contributed by atoms with van der Waals surface area (Å²) in [5, 5.41) is 3.45. The lowest BCUT2D eigenvalue weighted by Gasteiger charge is -2.14. The van der Waals surface area contributed by atoms with Crippen molar-refractivity contribution >= 4 is 34.5 Å². The minimum absolute atomic E-state index is 0.0629. The van der Waals surface area contributed by atoms with Crippen molar-refractivity contribution in [2.24, 2.45) is 0 Å². The van der Waals surface area contributed by atoms with Crippen LogP contribution >= 0.6 is 11.8 Å². The van der Waals surface area contributed by atoms with Crippen molar-refractivity contribution in [1.82, 2.24) is 9.88 Å². The molecule has 0 spiro atoms. The Kier molecular flexibility index (Phi) is 5.75. The molecular weight excluding hydrogens is 358 g/mol. The molecule has 0 unspecified atom stereocenters. The van der Waals surface area contributed by atoms with E-state index in [0.717, 1.165) is 29.8 Å². The summed E-state index contributed by atoms with van der Waals surface area (Å²) in [7, 11) is 0. The second-order valence-corrected chi connectivity index (χ2v) is 7.71. The van der Waals surface area contributed by atoms with Crippen LogP contribution in [0.1, 0.15) is 18.4 Å². The number of fused-ring (bicyclic) bond motifs is 1. The Morgan fingerprint density at radius 1 is 1.11 bits per heavy atom. The maximum atomic E-state index is 12.2. The maximum Gasteiger partial charge on any atom is 0.257 e. The number of aromatic nitrogens is 1. The van der Waals surface area contributed by atoms with Crippen LogP contribution in [0.2, 0.25) is 0 Å². The molecule has 0 saturated carbocycles. The predicted molar refractivity (Wildman–Crippen MR) is 109 cm³/mol. The summed E-state index contributed by atoms with van der Waals surface area (Å²) in [5.74, 6) is 0.204. The molecule has 3 aromatic rings. The number of carbonyl (C=O) groups is 1. The summed E-state index contributed by atoms with van der Waals surface area (Å²) in [6.07, 6.45) is 3.71. The summed E-state index contributed by atoms with van der Waals surface area (Å²) in [6.45, 7) is 3.57. The van der Waals surface area contributed by atoms with Crippen LogP contribution in [0.25, 0.3) is 11.1 Å². The van der Waals surface area contributed by atoms with Crippen molar-refractivity contribution < 1.29 is 9.21 Å². The van der Waals surface area contributed by atoms with E-state index >= 15 is 0 Å². The Morgan fingerprint density at radius 3 is 2.67 bits per heavy atom. The zero-order valence-corrected chi connectivity index (χ0v) is 16.0. The smallest absolute Gasteiger partial charge is 0.257 e. The van der Waals surface area contributed by atoms with Gasteiger partial charge < -0.3 is 14.6 Å². The van der Waals surface area contributed by atoms with Gasteiger partial charge in [0.15, 0.2) is 5.58 Å². The minimum atomic E-state index is -0.0629. The summed E-state index contributed by atoms with van der Waals surface area (Å²) >= 11 is 1.30. The molecule has 1 N–H and O–H groups in total. The van der Waals surface area contributed by atoms with Gasteiger partial charge in [-0.1, -0.05) is 36.0 Å². The maximum absolute atomic E-state index is 12.2. The van der Waals surface area contributed by atoms with Crippen LogP contribution in [0.3, 0.4) is 0 Å². The predicted octanol–water partition coefficient (Wildman–Crippen LogP) is 4.20. The van der Waals surface area contributed by atoms with E-state index in [-0.39, 0.29) is 11.7 Å². The van der Waals surface area contributed by atoms with Gasteiger partial charge in [0.05, 0.1) is 5.75 Å². The van der Waals surface area contributed by atoms with E-state index in [0.29, 0.717) is 5.22 Å². The lowest BCUT2D eigenvalue weighted by Crippen LogP contribution is -2.21. The van der Waals surface area contributed by atoms with Gasteiger partial charge in [0.1, 0.15) is 5.52 Å². The van der Waals surface area contributed by atoms with Crippen LogP contribution in [0, 0.1) is 0 Å². The van der Waals surface area contributed by atoms with Gasteiger partial charge in [-0.3, -0.25) is 4.79 Å². The highest BCUT2D eigenvalue weighted by Crippen LogP contribution is 2.23. The molecule has 5 nitrogen and oxygen atoms in total. The first-order valence-corrected chi connectivity index (χ1v) is 10.3. The molecule has 2 heterocycles. The van der Waals surface area contributed by atoms with Gasteiger partial charge in [0, 0.05) is 12.2 Å². The van der Waals surface area contributed by atoms with Crippen LogP contribution in [-0.2, 0) is 11.2 Å². The molecule has 1 aliphatic rings. The second kappa shape index (κ2) is 8.59. The van der Waals surface area contributed by atoms with E-state index in [2.05, 4.69) is 27.3 Å². The molecule has 1 fully saturated rings. The van der Waals surface area contributed by atoms with Crippen LogP contribution in [0.5, 0.6) is 0 Å². The molecule has 27 heavy (non-hydrogen) atoms. The van der Waals surface area contributed by atoms with Crippen LogP contribution < -0.4 is 5.32 Å². The van der Waals surface area contributed by atoms with Crippen molar-refractivity contribution in [3.05, 3.63) is 54.1 Å². The number of thioether (sulfide) groups is 1. The lowest BCUT2D eigenvalue weighted by atomic mass is 10.1. The normalized spacial score (nSPS) is 14.7. The number of para-hydroxylation sites is 2. The average molecular weight is 382 g/mol. The fourth-order valence-corrected chi connectivity index (χ4v) is 3.92. The zero-order valence-electron chi connectivity index (χ0n) is 15.2. The molecule has 4 rings (SSSR count). The zero-order chi connectivity index (χ0) is 18.5. The van der Waals surface area contributed by atoms with Gasteiger partial charge in [0.2, 0.25) is 5.91 Å². The molecule has 1 aromatic heterocycles. The first-order valence-electron chi connectivity index (χ1n) is 9.36. The molecule has 0 aliphatic carbocycles. The number of likely N-dealkylation sites (tertiary alicyclic amines) is 1. The highest BCUT2D eigenvalue weighted by molar-refractivity contribution is 7.99. The van der Waals surface area contributed by atoms with E-state index in [4.69, 9.17) is 4.42 Å². The highest BCUT2D eigenvalue weighted by atomic mass is 32.2. The molecule has 6 heteroatoms. The number of carbonyl (C=O) groups excluding carboxylic acids is 1. The number of nitrogens with one attached hydrogen (secondary N) is 1. The minimum Gasteiger partial charge on any atom is -0.431 e. The van der Waals surface area contributed by atoms with Gasteiger partial charge >= 0.3 is 0 Å². The van der Waals surface area contributed by atoms with Gasteiger partial charge in [-0.15, -0.1) is 0 Å². The van der Waals surface area contributed by atoms with Crippen LogP contribution in [-0.4, -0.2) is 41.2 Å². The standard InChI is InChI=1S/C21H23N3O2S/c25-20(15-27-21-23-18-5-1-2-6-19(18)26-21)22-17-9-7-16(8-10-17)11-14-24-12-3-4-13-24/h1-2,5-10H,3-4,11-15H2,(H,22,25). The summed E-state index contributed by atoms with van der Waals surface area (Å²) in [6, 6.07) is 15.7. The lowest BCUT2D eigenvalue weighted by molar-refractivity contribution is -0.113. The van der Waals surface area contributed by atoms with Crippen molar-refractivity contribution in [1.29, 1.82) is 0 Å². The number of amides is 1. The molecular formula is C21H23N3O2S. The SMILES string of the molecule is O=C(CSc1nc2ccccc2o1)Nc1ccc(CCN2CCCC2)cc1. The molecule has 0 bridgehead atoms. The van der Waals surface area contributed by atoms with E-state index in [1.807, 2.05) is 36.4 Å². The Hall–Kier alpha value is -2.31. The van der Waals surface area contributed by atoms with Crippen LogP contribution in [0.15, 0.2) is 58.2 Å². The molecule has 1 aliphatic heterocycles. The molecule has 2 aromatic carbocycles. The highest BCUT2D eigenvalue weighted by Gasteiger charge is 2.11.